The molecule has 23 heavy (non-hydrogen) atoms. The third-order valence-electron chi connectivity index (χ3n) is 5.52. The Balaban J connectivity index is 1.62. The van der Waals surface area contributed by atoms with E-state index in [-0.39, 0.29) is 5.56 Å². The van der Waals surface area contributed by atoms with E-state index in [0.717, 1.165) is 48.7 Å². The molecule has 2 aliphatic rings. The van der Waals surface area contributed by atoms with Gasteiger partial charge in [-0.3, -0.25) is 9.69 Å². The highest BCUT2D eigenvalue weighted by atomic mass is 16.3. The number of likely N-dealkylation sites (tertiary alicyclic amines) is 1. The normalized spacial score (nSPS) is 25.8. The highest BCUT2D eigenvalue weighted by Crippen LogP contribution is 2.44. The van der Waals surface area contributed by atoms with E-state index < -0.39 is 5.60 Å². The zero-order valence-corrected chi connectivity index (χ0v) is 13.7. The number of piperidine rings is 1. The predicted octanol–water partition coefficient (Wildman–Crippen LogP) is 2.28. The molecule has 1 aliphatic carbocycles. The molecule has 2 aromatic rings. The molecule has 1 aromatic carbocycles. The van der Waals surface area contributed by atoms with Gasteiger partial charge in [0.05, 0.1) is 11.1 Å². The van der Waals surface area contributed by atoms with Gasteiger partial charge in [-0.2, -0.15) is 0 Å². The van der Waals surface area contributed by atoms with Crippen molar-refractivity contribution in [3.8, 4) is 0 Å². The van der Waals surface area contributed by atoms with Crippen molar-refractivity contribution in [2.75, 3.05) is 13.1 Å². The Morgan fingerprint density at radius 2 is 2.09 bits per heavy atom. The van der Waals surface area contributed by atoms with Crippen molar-refractivity contribution >= 4 is 10.9 Å². The summed E-state index contributed by atoms with van der Waals surface area (Å²) in [5.41, 5.74) is 1.34. The van der Waals surface area contributed by atoms with Gasteiger partial charge in [-0.25, -0.2) is 0 Å². The number of fused-ring (bicyclic) bond motifs is 1. The maximum Gasteiger partial charge on any atom is 0.255 e. The molecule has 1 aromatic heterocycles. The van der Waals surface area contributed by atoms with Gasteiger partial charge in [-0.1, -0.05) is 18.2 Å². The van der Waals surface area contributed by atoms with Gasteiger partial charge in [0.2, 0.25) is 0 Å². The van der Waals surface area contributed by atoms with Gasteiger partial charge in [0.15, 0.2) is 0 Å². The van der Waals surface area contributed by atoms with Crippen LogP contribution < -0.4 is 5.56 Å². The molecule has 4 nitrogen and oxygen atoms in total. The van der Waals surface area contributed by atoms with Crippen LogP contribution in [0.4, 0.5) is 0 Å². The first kappa shape index (κ1) is 14.9. The number of aliphatic hydroxyl groups is 1. The minimum atomic E-state index is -0.527. The van der Waals surface area contributed by atoms with E-state index in [2.05, 4.69) is 11.0 Å². The summed E-state index contributed by atoms with van der Waals surface area (Å²) in [5, 5.41) is 11.9. The maximum atomic E-state index is 12.6. The number of hydrogen-bond acceptors (Lipinski definition) is 3. The first-order valence-electron chi connectivity index (χ1n) is 8.59. The molecule has 0 radical (unpaired) electrons. The number of aryl methyl sites for hydroxylation is 1. The van der Waals surface area contributed by atoms with Crippen LogP contribution in [0.2, 0.25) is 0 Å². The highest BCUT2D eigenvalue weighted by molar-refractivity contribution is 5.79. The van der Waals surface area contributed by atoms with E-state index in [4.69, 9.17) is 0 Å². The SMILES string of the molecule is Cn1c(=O)c(CN2CCCC(O)(C3CC3)C2)cc2ccccc21. The fourth-order valence-electron chi connectivity index (χ4n) is 4.09. The average Bonchev–Trinajstić information content (AvgIpc) is 3.38. The van der Waals surface area contributed by atoms with Crippen molar-refractivity contribution in [1.82, 2.24) is 9.47 Å². The second-order valence-corrected chi connectivity index (χ2v) is 7.28. The lowest BCUT2D eigenvalue weighted by molar-refractivity contribution is -0.0502. The summed E-state index contributed by atoms with van der Waals surface area (Å²) in [5.74, 6) is 0.477. The third-order valence-corrected chi connectivity index (χ3v) is 5.52. The quantitative estimate of drug-likeness (QED) is 0.946. The van der Waals surface area contributed by atoms with Gasteiger partial charge in [0, 0.05) is 25.7 Å². The van der Waals surface area contributed by atoms with Crippen LogP contribution in [-0.2, 0) is 13.6 Å². The summed E-state index contributed by atoms with van der Waals surface area (Å²) in [6.45, 7) is 2.30. The molecule has 1 saturated heterocycles. The topological polar surface area (TPSA) is 45.5 Å². The summed E-state index contributed by atoms with van der Waals surface area (Å²) < 4.78 is 1.74. The Morgan fingerprint density at radius 1 is 1.30 bits per heavy atom. The molecule has 122 valence electrons. The molecule has 2 fully saturated rings. The Labute approximate surface area is 136 Å². The summed E-state index contributed by atoms with van der Waals surface area (Å²) in [7, 11) is 1.84. The van der Waals surface area contributed by atoms with Crippen LogP contribution >= 0.6 is 0 Å². The van der Waals surface area contributed by atoms with Gasteiger partial charge in [-0.15, -0.1) is 0 Å². The molecule has 4 rings (SSSR count). The Morgan fingerprint density at radius 3 is 2.87 bits per heavy atom. The second-order valence-electron chi connectivity index (χ2n) is 7.28. The van der Waals surface area contributed by atoms with Gasteiger partial charge >= 0.3 is 0 Å². The second kappa shape index (κ2) is 5.46. The Kier molecular flexibility index (Phi) is 3.54. The zero-order chi connectivity index (χ0) is 16.0. The molecule has 0 spiro atoms. The van der Waals surface area contributed by atoms with Gasteiger partial charge < -0.3 is 9.67 Å². The number of benzene rings is 1. The van der Waals surface area contributed by atoms with E-state index in [9.17, 15) is 9.90 Å². The lowest BCUT2D eigenvalue weighted by Crippen LogP contribution is -2.49. The standard InChI is InChI=1S/C19H24N2O2/c1-20-17-6-3-2-5-14(17)11-15(18(20)22)12-21-10-4-9-19(23,13-21)16-7-8-16/h2-3,5-6,11,16,23H,4,7-10,12-13H2,1H3. The third kappa shape index (κ3) is 2.70. The van der Waals surface area contributed by atoms with Crippen LogP contribution in [0.5, 0.6) is 0 Å². The Hall–Kier alpha value is -1.65. The maximum absolute atomic E-state index is 12.6. The van der Waals surface area contributed by atoms with Crippen LogP contribution in [0.3, 0.4) is 0 Å². The van der Waals surface area contributed by atoms with Crippen LogP contribution in [0.15, 0.2) is 35.1 Å². The lowest BCUT2D eigenvalue weighted by atomic mass is 9.88. The van der Waals surface area contributed by atoms with Crippen LogP contribution in [0, 0.1) is 5.92 Å². The highest BCUT2D eigenvalue weighted by Gasteiger charge is 2.45. The number of para-hydroxylation sites is 1. The number of nitrogens with zero attached hydrogens (tertiary/aromatic N) is 2. The van der Waals surface area contributed by atoms with E-state index in [0.29, 0.717) is 19.0 Å². The largest absolute Gasteiger partial charge is 0.388 e. The molecule has 1 atom stereocenters. The molecule has 1 aliphatic heterocycles. The number of hydrogen-bond donors (Lipinski definition) is 1. The van der Waals surface area contributed by atoms with E-state index in [1.165, 1.54) is 0 Å². The summed E-state index contributed by atoms with van der Waals surface area (Å²) in [4.78, 5) is 14.9. The fourth-order valence-corrected chi connectivity index (χ4v) is 4.09. The molecular weight excluding hydrogens is 288 g/mol. The summed E-state index contributed by atoms with van der Waals surface area (Å²) >= 11 is 0. The number of aromatic nitrogens is 1. The number of β-amino-alcohol motifs (C(OH)–C–C–N with tert-alkyl or cyclic N) is 1. The van der Waals surface area contributed by atoms with Crippen molar-refractivity contribution in [2.24, 2.45) is 13.0 Å². The molecular formula is C19H24N2O2. The fraction of sp³-hybridized carbons (Fsp3) is 0.526. The minimum absolute atomic E-state index is 0.0734. The summed E-state index contributed by atoms with van der Waals surface area (Å²) in [6, 6.07) is 10.0. The zero-order valence-electron chi connectivity index (χ0n) is 13.7. The monoisotopic (exact) mass is 312 g/mol. The van der Waals surface area contributed by atoms with Crippen molar-refractivity contribution in [3.63, 3.8) is 0 Å². The van der Waals surface area contributed by atoms with Crippen molar-refractivity contribution in [2.45, 2.75) is 37.8 Å². The first-order chi connectivity index (χ1) is 11.1. The summed E-state index contributed by atoms with van der Waals surface area (Å²) in [6.07, 6.45) is 4.23. The smallest absolute Gasteiger partial charge is 0.255 e. The predicted molar refractivity (Wildman–Crippen MR) is 91.4 cm³/mol. The van der Waals surface area contributed by atoms with Crippen molar-refractivity contribution < 1.29 is 5.11 Å². The molecule has 1 unspecified atom stereocenters. The van der Waals surface area contributed by atoms with Crippen molar-refractivity contribution in [1.29, 1.82) is 0 Å². The molecule has 4 heteroatoms. The molecule has 1 saturated carbocycles. The van der Waals surface area contributed by atoms with Crippen molar-refractivity contribution in [3.05, 3.63) is 46.2 Å². The van der Waals surface area contributed by atoms with E-state index in [1.807, 2.05) is 31.3 Å². The molecule has 0 bridgehead atoms. The lowest BCUT2D eigenvalue weighted by Gasteiger charge is -2.39. The van der Waals surface area contributed by atoms with Crippen LogP contribution in [-0.4, -0.2) is 33.3 Å². The molecule has 0 amide bonds. The minimum Gasteiger partial charge on any atom is -0.388 e. The molecule has 1 N–H and O–H groups in total. The molecule has 2 heterocycles. The first-order valence-corrected chi connectivity index (χ1v) is 8.59. The van der Waals surface area contributed by atoms with Crippen LogP contribution in [0.25, 0.3) is 10.9 Å². The van der Waals surface area contributed by atoms with Gasteiger partial charge in [0.25, 0.3) is 5.56 Å². The number of rotatable bonds is 3. The van der Waals surface area contributed by atoms with Gasteiger partial charge in [-0.05, 0) is 55.7 Å². The average molecular weight is 312 g/mol. The van der Waals surface area contributed by atoms with E-state index in [1.54, 1.807) is 4.57 Å². The van der Waals surface area contributed by atoms with Crippen LogP contribution in [0.1, 0.15) is 31.2 Å². The van der Waals surface area contributed by atoms with Gasteiger partial charge in [0.1, 0.15) is 0 Å². The van der Waals surface area contributed by atoms with E-state index >= 15 is 0 Å². The number of pyridine rings is 1. The Bertz CT molecular complexity index is 794.